The zero-order valence-electron chi connectivity index (χ0n) is 14.2. The predicted molar refractivity (Wildman–Crippen MR) is 101 cm³/mol. The topological polar surface area (TPSA) is 49.8 Å². The molecular formula is C19H22ClNO3S. The Morgan fingerprint density at radius 3 is 2.92 bits per heavy atom. The van der Waals surface area contributed by atoms with E-state index >= 15 is 0 Å². The summed E-state index contributed by atoms with van der Waals surface area (Å²) in [5, 5.41) is 9.71. The van der Waals surface area contributed by atoms with Crippen LogP contribution in [-0.2, 0) is 4.79 Å². The molecule has 0 bridgehead atoms. The van der Waals surface area contributed by atoms with Gasteiger partial charge in [-0.1, -0.05) is 30.2 Å². The molecule has 4 nitrogen and oxygen atoms in total. The van der Waals surface area contributed by atoms with Gasteiger partial charge in [0, 0.05) is 4.88 Å². The quantitative estimate of drug-likeness (QED) is 0.781. The van der Waals surface area contributed by atoms with Crippen molar-refractivity contribution in [1.29, 1.82) is 0 Å². The van der Waals surface area contributed by atoms with E-state index in [-0.39, 0.29) is 6.04 Å². The van der Waals surface area contributed by atoms with Gasteiger partial charge >= 0.3 is 5.97 Å². The molecule has 3 rings (SSSR count). The van der Waals surface area contributed by atoms with Gasteiger partial charge in [0.1, 0.15) is 11.8 Å². The number of carbonyl (C=O) groups is 1. The SMILES string of the molecule is CCOc1cccc(C(c2ccc(Cl)s2)N2CCCCC2C(=O)O)c1. The van der Waals surface area contributed by atoms with E-state index in [1.54, 1.807) is 0 Å². The third-order valence-corrected chi connectivity index (χ3v) is 5.79. The van der Waals surface area contributed by atoms with Gasteiger partial charge in [0.25, 0.3) is 0 Å². The molecule has 0 radical (unpaired) electrons. The molecule has 2 unspecified atom stereocenters. The lowest BCUT2D eigenvalue weighted by Gasteiger charge is -2.39. The van der Waals surface area contributed by atoms with Crippen molar-refractivity contribution in [2.45, 2.75) is 38.3 Å². The first-order chi connectivity index (χ1) is 12.1. The van der Waals surface area contributed by atoms with Crippen molar-refractivity contribution in [3.05, 3.63) is 51.2 Å². The van der Waals surface area contributed by atoms with Crippen molar-refractivity contribution >= 4 is 28.9 Å². The summed E-state index contributed by atoms with van der Waals surface area (Å²) in [4.78, 5) is 15.0. The zero-order valence-corrected chi connectivity index (χ0v) is 15.7. The Morgan fingerprint density at radius 2 is 2.24 bits per heavy atom. The molecule has 2 atom stereocenters. The summed E-state index contributed by atoms with van der Waals surface area (Å²) in [6, 6.07) is 11.2. The van der Waals surface area contributed by atoms with Gasteiger partial charge in [0.15, 0.2) is 0 Å². The first-order valence-electron chi connectivity index (χ1n) is 8.56. The van der Waals surface area contributed by atoms with Crippen molar-refractivity contribution in [3.63, 3.8) is 0 Å². The van der Waals surface area contributed by atoms with Gasteiger partial charge in [-0.3, -0.25) is 9.69 Å². The number of hydrogen-bond donors (Lipinski definition) is 1. The fourth-order valence-electron chi connectivity index (χ4n) is 3.46. The lowest BCUT2D eigenvalue weighted by atomic mass is 9.95. The van der Waals surface area contributed by atoms with Crippen LogP contribution in [0.25, 0.3) is 0 Å². The van der Waals surface area contributed by atoms with Crippen LogP contribution in [0, 0.1) is 0 Å². The van der Waals surface area contributed by atoms with E-state index in [4.69, 9.17) is 16.3 Å². The number of rotatable bonds is 6. The molecule has 1 aromatic heterocycles. The maximum absolute atomic E-state index is 11.8. The van der Waals surface area contributed by atoms with Crippen molar-refractivity contribution in [2.75, 3.05) is 13.2 Å². The van der Waals surface area contributed by atoms with E-state index in [0.29, 0.717) is 17.4 Å². The molecule has 2 aromatic rings. The smallest absolute Gasteiger partial charge is 0.320 e. The molecule has 1 fully saturated rings. The fraction of sp³-hybridized carbons (Fsp3) is 0.421. The monoisotopic (exact) mass is 379 g/mol. The van der Waals surface area contributed by atoms with Gasteiger partial charge in [0.2, 0.25) is 0 Å². The third-order valence-electron chi connectivity index (χ3n) is 4.51. The number of carboxylic acid groups (broad SMARTS) is 1. The minimum Gasteiger partial charge on any atom is -0.494 e. The molecule has 1 aliphatic heterocycles. The number of ether oxygens (including phenoxy) is 1. The Morgan fingerprint density at radius 1 is 1.40 bits per heavy atom. The van der Waals surface area contributed by atoms with E-state index in [1.165, 1.54) is 11.3 Å². The maximum atomic E-state index is 11.8. The first kappa shape index (κ1) is 18.2. The lowest BCUT2D eigenvalue weighted by molar-refractivity contribution is -0.145. The van der Waals surface area contributed by atoms with Crippen LogP contribution in [0.4, 0.5) is 0 Å². The second-order valence-corrected chi connectivity index (χ2v) is 7.88. The van der Waals surface area contributed by atoms with E-state index < -0.39 is 12.0 Å². The van der Waals surface area contributed by atoms with Gasteiger partial charge < -0.3 is 9.84 Å². The highest BCUT2D eigenvalue weighted by Crippen LogP contribution is 2.39. The summed E-state index contributed by atoms with van der Waals surface area (Å²) in [7, 11) is 0. The normalized spacial score (nSPS) is 19.5. The van der Waals surface area contributed by atoms with Gasteiger partial charge in [0.05, 0.1) is 17.0 Å². The number of benzene rings is 1. The minimum atomic E-state index is -0.756. The van der Waals surface area contributed by atoms with Gasteiger partial charge in [-0.25, -0.2) is 0 Å². The molecule has 1 saturated heterocycles. The van der Waals surface area contributed by atoms with Crippen molar-refractivity contribution < 1.29 is 14.6 Å². The first-order valence-corrected chi connectivity index (χ1v) is 9.76. The third kappa shape index (κ3) is 4.17. The summed E-state index contributed by atoms with van der Waals surface area (Å²) in [6.45, 7) is 3.31. The van der Waals surface area contributed by atoms with E-state index in [2.05, 4.69) is 4.90 Å². The molecule has 0 amide bonds. The number of halogens is 1. The highest BCUT2D eigenvalue weighted by atomic mass is 35.5. The minimum absolute atomic E-state index is 0.126. The average molecular weight is 380 g/mol. The summed E-state index contributed by atoms with van der Waals surface area (Å²) in [5.74, 6) is 0.0462. The fourth-order valence-corrected chi connectivity index (χ4v) is 4.67. The molecule has 0 aliphatic carbocycles. The molecule has 1 N–H and O–H groups in total. The van der Waals surface area contributed by atoms with Crippen molar-refractivity contribution in [3.8, 4) is 5.75 Å². The number of likely N-dealkylation sites (tertiary alicyclic amines) is 1. The largest absolute Gasteiger partial charge is 0.494 e. The van der Waals surface area contributed by atoms with Crippen LogP contribution in [0.5, 0.6) is 5.75 Å². The van der Waals surface area contributed by atoms with Crippen molar-refractivity contribution in [1.82, 2.24) is 4.90 Å². The predicted octanol–water partition coefficient (Wildman–Crippen LogP) is 4.83. The number of thiophene rings is 1. The van der Waals surface area contributed by atoms with Crippen LogP contribution in [0.3, 0.4) is 0 Å². The van der Waals surface area contributed by atoms with Crippen molar-refractivity contribution in [2.24, 2.45) is 0 Å². The van der Waals surface area contributed by atoms with Crippen LogP contribution >= 0.6 is 22.9 Å². The van der Waals surface area contributed by atoms with Crippen LogP contribution in [-0.4, -0.2) is 35.2 Å². The highest BCUT2D eigenvalue weighted by Gasteiger charge is 2.35. The molecule has 134 valence electrons. The molecule has 6 heteroatoms. The van der Waals surface area contributed by atoms with E-state index in [1.807, 2.05) is 43.3 Å². The number of nitrogens with zero attached hydrogens (tertiary/aromatic N) is 1. The number of carboxylic acids is 1. The highest BCUT2D eigenvalue weighted by molar-refractivity contribution is 7.16. The van der Waals surface area contributed by atoms with Crippen LogP contribution in [0.15, 0.2) is 36.4 Å². The Balaban J connectivity index is 2.03. The second kappa shape index (κ2) is 8.21. The van der Waals surface area contributed by atoms with Gasteiger partial charge in [-0.2, -0.15) is 0 Å². The second-order valence-electron chi connectivity index (χ2n) is 6.14. The van der Waals surface area contributed by atoms with Gasteiger partial charge in [-0.15, -0.1) is 11.3 Å². The molecular weight excluding hydrogens is 358 g/mol. The van der Waals surface area contributed by atoms with Gasteiger partial charge in [-0.05, 0) is 56.1 Å². The standard InChI is InChI=1S/C19H22ClNO3S/c1-2-24-14-7-5-6-13(12-14)18(16-9-10-17(20)25-16)21-11-4-3-8-15(21)19(22)23/h5-7,9-10,12,15,18H,2-4,8,11H2,1H3,(H,22,23). The summed E-state index contributed by atoms with van der Waals surface area (Å²) in [5.41, 5.74) is 1.04. The summed E-state index contributed by atoms with van der Waals surface area (Å²) < 4.78 is 6.35. The molecule has 1 aliphatic rings. The number of hydrogen-bond acceptors (Lipinski definition) is 4. The Bertz CT molecular complexity index is 733. The molecule has 25 heavy (non-hydrogen) atoms. The van der Waals surface area contributed by atoms with Crippen LogP contribution in [0.2, 0.25) is 4.34 Å². The Labute approximate surface area is 157 Å². The van der Waals surface area contributed by atoms with E-state index in [9.17, 15) is 9.90 Å². The van der Waals surface area contributed by atoms with Crippen LogP contribution < -0.4 is 4.74 Å². The number of piperidine rings is 1. The van der Waals surface area contributed by atoms with E-state index in [0.717, 1.165) is 35.6 Å². The average Bonchev–Trinajstić information content (AvgIpc) is 3.02. The molecule has 0 spiro atoms. The van der Waals surface area contributed by atoms with Crippen LogP contribution in [0.1, 0.15) is 42.7 Å². The Kier molecular flexibility index (Phi) is 5.99. The molecule has 1 aromatic carbocycles. The zero-order chi connectivity index (χ0) is 17.8. The summed E-state index contributed by atoms with van der Waals surface area (Å²) >= 11 is 7.68. The summed E-state index contributed by atoms with van der Waals surface area (Å²) in [6.07, 6.45) is 2.63. The molecule has 2 heterocycles. The number of aliphatic carboxylic acids is 1. The maximum Gasteiger partial charge on any atom is 0.320 e. The Hall–Kier alpha value is -1.56. The molecule has 0 saturated carbocycles. The lowest BCUT2D eigenvalue weighted by Crippen LogP contribution is -2.46.